The molecule has 6 heteroatoms. The second-order valence-corrected chi connectivity index (χ2v) is 6.10. The minimum Gasteiger partial charge on any atom is -0.341 e. The van der Waals surface area contributed by atoms with Gasteiger partial charge in [-0.3, -0.25) is 5.43 Å². The van der Waals surface area contributed by atoms with Crippen molar-refractivity contribution < 1.29 is 0 Å². The Morgan fingerprint density at radius 1 is 1.69 bits per heavy atom. The molecular formula is C10H17BrN4S. The van der Waals surface area contributed by atoms with Crippen LogP contribution in [-0.4, -0.2) is 23.9 Å². The highest BCUT2D eigenvalue weighted by atomic mass is 79.9. The van der Waals surface area contributed by atoms with Crippen molar-refractivity contribution in [2.24, 2.45) is 10.8 Å². The average molecular weight is 305 g/mol. The molecule has 0 fully saturated rings. The fourth-order valence-corrected chi connectivity index (χ4v) is 2.47. The number of hydrazine groups is 1. The molecule has 0 unspecified atom stereocenters. The molecule has 4 nitrogen and oxygen atoms in total. The van der Waals surface area contributed by atoms with E-state index in [1.807, 2.05) is 25.8 Å². The van der Waals surface area contributed by atoms with Crippen molar-refractivity contribution in [2.75, 3.05) is 7.05 Å². The van der Waals surface area contributed by atoms with Gasteiger partial charge in [0.05, 0.1) is 3.79 Å². The smallest absolute Gasteiger partial charge is 0.208 e. The zero-order chi connectivity index (χ0) is 12.1. The highest BCUT2D eigenvalue weighted by Crippen LogP contribution is 2.21. The van der Waals surface area contributed by atoms with Crippen LogP contribution in [0.5, 0.6) is 0 Å². The molecule has 0 bridgehead atoms. The Bertz CT molecular complexity index is 361. The van der Waals surface area contributed by atoms with Crippen molar-refractivity contribution in [3.63, 3.8) is 0 Å². The van der Waals surface area contributed by atoms with Crippen LogP contribution in [0.25, 0.3) is 0 Å². The molecule has 1 rings (SSSR count). The van der Waals surface area contributed by atoms with Gasteiger partial charge in [-0.1, -0.05) is 0 Å². The summed E-state index contributed by atoms with van der Waals surface area (Å²) in [7, 11) is 1.96. The Labute approximate surface area is 109 Å². The molecule has 1 heterocycles. The van der Waals surface area contributed by atoms with Gasteiger partial charge in [-0.25, -0.2) is 10.8 Å². The number of rotatable bonds is 3. The van der Waals surface area contributed by atoms with Gasteiger partial charge in [0.1, 0.15) is 0 Å². The van der Waals surface area contributed by atoms with Crippen LogP contribution in [0.4, 0.5) is 0 Å². The summed E-state index contributed by atoms with van der Waals surface area (Å²) in [5.41, 5.74) is 3.87. The zero-order valence-corrected chi connectivity index (χ0v) is 12.1. The lowest BCUT2D eigenvalue weighted by Gasteiger charge is -2.20. The number of hydrogen-bond donors (Lipinski definition) is 2. The predicted octanol–water partition coefficient (Wildman–Crippen LogP) is 2.17. The summed E-state index contributed by atoms with van der Waals surface area (Å²) < 4.78 is 1.14. The molecule has 1 aromatic rings. The summed E-state index contributed by atoms with van der Waals surface area (Å²) in [6, 6.07) is 2.33. The Morgan fingerprint density at radius 2 is 2.38 bits per heavy atom. The molecule has 1 aromatic heterocycles. The third-order valence-corrected chi connectivity index (χ3v) is 3.47. The Balaban J connectivity index is 2.66. The third kappa shape index (κ3) is 4.11. The number of halogens is 1. The molecule has 16 heavy (non-hydrogen) atoms. The molecule has 0 aliphatic rings. The van der Waals surface area contributed by atoms with Crippen LogP contribution in [0.3, 0.4) is 0 Å². The monoisotopic (exact) mass is 304 g/mol. The summed E-state index contributed by atoms with van der Waals surface area (Å²) in [5.74, 6) is 6.16. The highest BCUT2D eigenvalue weighted by Gasteiger charge is 2.07. The first kappa shape index (κ1) is 13.5. The van der Waals surface area contributed by atoms with Gasteiger partial charge in [-0.05, 0) is 46.8 Å². The van der Waals surface area contributed by atoms with E-state index in [9.17, 15) is 0 Å². The number of nitrogens with two attached hydrogens (primary N) is 1. The number of hydrogen-bond acceptors (Lipinski definition) is 3. The molecule has 0 saturated heterocycles. The lowest BCUT2D eigenvalue weighted by Crippen LogP contribution is -2.42. The van der Waals surface area contributed by atoms with E-state index in [2.05, 4.69) is 37.8 Å². The van der Waals surface area contributed by atoms with E-state index in [4.69, 9.17) is 5.84 Å². The van der Waals surface area contributed by atoms with Gasteiger partial charge in [0.2, 0.25) is 5.96 Å². The zero-order valence-electron chi connectivity index (χ0n) is 9.70. The lowest BCUT2D eigenvalue weighted by atomic mass is 10.3. The Morgan fingerprint density at radius 3 is 2.81 bits per heavy atom. The van der Waals surface area contributed by atoms with Crippen LogP contribution in [0.1, 0.15) is 19.4 Å². The first-order valence-electron chi connectivity index (χ1n) is 5.01. The second-order valence-electron chi connectivity index (χ2n) is 3.81. The summed E-state index contributed by atoms with van der Waals surface area (Å²) in [5, 5.41) is 2.12. The maximum Gasteiger partial charge on any atom is 0.208 e. The van der Waals surface area contributed by atoms with Crippen LogP contribution in [-0.2, 0) is 6.54 Å². The van der Waals surface area contributed by atoms with E-state index in [0.29, 0.717) is 5.96 Å². The molecule has 0 aliphatic carbocycles. The van der Waals surface area contributed by atoms with Gasteiger partial charge in [-0.2, -0.15) is 0 Å². The maximum absolute atomic E-state index is 5.45. The number of nitrogens with one attached hydrogen (secondary N) is 1. The van der Waals surface area contributed by atoms with E-state index in [1.54, 1.807) is 11.3 Å². The van der Waals surface area contributed by atoms with Gasteiger partial charge in [-0.15, -0.1) is 11.3 Å². The van der Waals surface area contributed by atoms with E-state index in [0.717, 1.165) is 10.3 Å². The van der Waals surface area contributed by atoms with Gasteiger partial charge in [0.25, 0.3) is 0 Å². The molecule has 0 radical (unpaired) electrons. The number of thiophene rings is 1. The first-order chi connectivity index (χ1) is 7.52. The first-order valence-corrected chi connectivity index (χ1v) is 6.68. The van der Waals surface area contributed by atoms with Crippen LogP contribution in [0.2, 0.25) is 0 Å². The maximum atomic E-state index is 5.45. The van der Waals surface area contributed by atoms with Crippen molar-refractivity contribution in [2.45, 2.75) is 26.4 Å². The summed E-state index contributed by atoms with van der Waals surface area (Å²) >= 11 is 5.12. The van der Waals surface area contributed by atoms with Gasteiger partial charge in [0.15, 0.2) is 0 Å². The van der Waals surface area contributed by atoms with Crippen LogP contribution in [0.15, 0.2) is 20.2 Å². The van der Waals surface area contributed by atoms with Crippen molar-refractivity contribution in [3.05, 3.63) is 20.8 Å². The van der Waals surface area contributed by atoms with Gasteiger partial charge >= 0.3 is 0 Å². The van der Waals surface area contributed by atoms with Gasteiger partial charge < -0.3 is 4.90 Å². The molecule has 90 valence electrons. The van der Waals surface area contributed by atoms with Crippen molar-refractivity contribution in [1.82, 2.24) is 10.3 Å². The average Bonchev–Trinajstić information content (AvgIpc) is 2.60. The van der Waals surface area contributed by atoms with Crippen LogP contribution < -0.4 is 11.3 Å². The van der Waals surface area contributed by atoms with E-state index < -0.39 is 0 Å². The lowest BCUT2D eigenvalue weighted by molar-refractivity contribution is 0.475. The van der Waals surface area contributed by atoms with E-state index in [1.165, 1.54) is 5.56 Å². The second kappa shape index (κ2) is 6.22. The van der Waals surface area contributed by atoms with E-state index >= 15 is 0 Å². The van der Waals surface area contributed by atoms with Crippen LogP contribution >= 0.6 is 27.3 Å². The molecular weight excluding hydrogens is 288 g/mol. The summed E-state index contributed by atoms with van der Waals surface area (Å²) in [4.78, 5) is 6.39. The Kier molecular flexibility index (Phi) is 5.24. The number of nitrogens with zero attached hydrogens (tertiary/aromatic N) is 2. The van der Waals surface area contributed by atoms with E-state index in [-0.39, 0.29) is 6.04 Å². The minimum atomic E-state index is 0.225. The standard InChI is InChI=1S/C10H17BrN4S/c1-7(2)13-10(14-12)15(3)5-8-4-9(11)16-6-8/h4,6-7H,5,12H2,1-3H3,(H,13,14). The van der Waals surface area contributed by atoms with Gasteiger partial charge in [0, 0.05) is 19.6 Å². The van der Waals surface area contributed by atoms with Crippen molar-refractivity contribution >= 4 is 33.2 Å². The fraction of sp³-hybridized carbons (Fsp3) is 0.500. The highest BCUT2D eigenvalue weighted by molar-refractivity contribution is 9.11. The molecule has 0 saturated carbocycles. The SMILES string of the molecule is CC(C)N=C(NN)N(C)Cc1csc(Br)c1. The topological polar surface area (TPSA) is 53.6 Å². The molecule has 0 amide bonds. The third-order valence-electron chi connectivity index (χ3n) is 1.91. The largest absolute Gasteiger partial charge is 0.341 e. The number of aliphatic imine (C=N–C) groups is 1. The van der Waals surface area contributed by atoms with Crippen molar-refractivity contribution in [1.29, 1.82) is 0 Å². The molecule has 0 spiro atoms. The molecule has 0 aromatic carbocycles. The Hall–Kier alpha value is -0.590. The normalized spacial score (nSPS) is 12.0. The van der Waals surface area contributed by atoms with Crippen LogP contribution in [0, 0.1) is 0 Å². The fourth-order valence-electron chi connectivity index (χ4n) is 1.27. The van der Waals surface area contributed by atoms with Crippen molar-refractivity contribution in [3.8, 4) is 0 Å². The predicted molar refractivity (Wildman–Crippen MR) is 73.4 cm³/mol. The number of guanidine groups is 1. The summed E-state index contributed by atoms with van der Waals surface area (Å²) in [6.45, 7) is 4.83. The molecule has 0 aliphatic heterocycles. The summed E-state index contributed by atoms with van der Waals surface area (Å²) in [6.07, 6.45) is 0. The molecule has 3 N–H and O–H groups in total. The quantitative estimate of drug-likeness (QED) is 0.389. The minimum absolute atomic E-state index is 0.225. The molecule has 0 atom stereocenters.